The summed E-state index contributed by atoms with van der Waals surface area (Å²) in [5.74, 6) is -2.12. The lowest BCUT2D eigenvalue weighted by Crippen LogP contribution is -2.49. The Hall–Kier alpha value is -2.87. The van der Waals surface area contributed by atoms with Crippen LogP contribution in [0.15, 0.2) is 48.5 Å². The van der Waals surface area contributed by atoms with E-state index >= 15 is 0 Å². The van der Waals surface area contributed by atoms with Gasteiger partial charge in [-0.25, -0.2) is 0 Å². The van der Waals surface area contributed by atoms with Crippen molar-refractivity contribution in [2.45, 2.75) is 31.0 Å². The van der Waals surface area contributed by atoms with Crippen molar-refractivity contribution < 1.29 is 27.9 Å². The lowest BCUT2D eigenvalue weighted by atomic mass is 9.80. The van der Waals surface area contributed by atoms with E-state index < -0.39 is 29.2 Å². The van der Waals surface area contributed by atoms with Crippen LogP contribution < -0.4 is 10.6 Å². The molecule has 1 unspecified atom stereocenters. The number of anilines is 1. The quantitative estimate of drug-likeness (QED) is 0.703. The molecule has 3 rings (SSSR count). The van der Waals surface area contributed by atoms with Crippen LogP contribution in [-0.2, 0) is 28.6 Å². The summed E-state index contributed by atoms with van der Waals surface area (Å²) in [7, 11) is 0. The largest absolute Gasteiger partial charge is 0.416 e. The summed E-state index contributed by atoms with van der Waals surface area (Å²) in [5, 5.41) is 15.2. The molecule has 0 aromatic heterocycles. The van der Waals surface area contributed by atoms with Crippen LogP contribution >= 0.6 is 0 Å². The number of rotatable bonds is 3. The van der Waals surface area contributed by atoms with Gasteiger partial charge in [0.1, 0.15) is 0 Å². The summed E-state index contributed by atoms with van der Waals surface area (Å²) < 4.78 is 38.2. The maximum absolute atomic E-state index is 12.7. The molecule has 0 spiro atoms. The van der Waals surface area contributed by atoms with Crippen LogP contribution in [0, 0.1) is 0 Å². The Balaban J connectivity index is 1.57. The first-order chi connectivity index (χ1) is 13.2. The number of benzene rings is 2. The Kier molecular flexibility index (Phi) is 5.42. The van der Waals surface area contributed by atoms with E-state index in [-0.39, 0.29) is 12.2 Å². The van der Waals surface area contributed by atoms with Gasteiger partial charge in [-0.3, -0.25) is 9.59 Å². The van der Waals surface area contributed by atoms with Gasteiger partial charge in [0, 0.05) is 18.7 Å². The van der Waals surface area contributed by atoms with E-state index in [4.69, 9.17) is 0 Å². The molecule has 0 fully saturated rings. The van der Waals surface area contributed by atoms with Crippen molar-refractivity contribution in [3.05, 3.63) is 65.2 Å². The third-order valence-corrected chi connectivity index (χ3v) is 4.73. The van der Waals surface area contributed by atoms with E-state index in [9.17, 15) is 27.9 Å². The molecule has 28 heavy (non-hydrogen) atoms. The molecule has 1 aliphatic rings. The van der Waals surface area contributed by atoms with E-state index in [1.807, 2.05) is 24.3 Å². The normalized spacial score (nSPS) is 18.9. The van der Waals surface area contributed by atoms with E-state index in [0.29, 0.717) is 19.3 Å². The van der Waals surface area contributed by atoms with Crippen LogP contribution in [0.2, 0.25) is 0 Å². The van der Waals surface area contributed by atoms with E-state index in [1.165, 1.54) is 6.07 Å². The Bertz CT molecular complexity index is 898. The second-order valence-corrected chi connectivity index (χ2v) is 6.89. The molecule has 0 bridgehead atoms. The predicted molar refractivity (Wildman–Crippen MR) is 96.5 cm³/mol. The molecular formula is C20H19F3N2O3. The smallest absolute Gasteiger partial charge is 0.388 e. The zero-order chi connectivity index (χ0) is 20.4. The fourth-order valence-corrected chi connectivity index (χ4v) is 3.22. The molecule has 148 valence electrons. The standard InChI is InChI=1S/C20H19F3N2O3/c21-20(22,23)15-6-3-7-16(10-15)25-18(27)17(26)24-12-19(28)9-8-13-4-1-2-5-14(13)11-19/h1-7,10,28H,8-9,11-12H2,(H,24,26)(H,25,27). The van der Waals surface area contributed by atoms with E-state index in [0.717, 1.165) is 29.3 Å². The molecule has 0 heterocycles. The first kappa shape index (κ1) is 19.9. The lowest BCUT2D eigenvalue weighted by molar-refractivity contribution is -0.137. The maximum atomic E-state index is 12.7. The first-order valence-electron chi connectivity index (χ1n) is 8.72. The Morgan fingerprint density at radius 1 is 1.04 bits per heavy atom. The van der Waals surface area contributed by atoms with Crippen molar-refractivity contribution in [2.75, 3.05) is 11.9 Å². The van der Waals surface area contributed by atoms with Gasteiger partial charge in [-0.15, -0.1) is 0 Å². The molecule has 3 N–H and O–H groups in total. The number of carbonyl (C=O) groups is 2. The topological polar surface area (TPSA) is 78.4 Å². The molecule has 0 saturated carbocycles. The van der Waals surface area contributed by atoms with Crippen LogP contribution in [0.1, 0.15) is 23.1 Å². The highest BCUT2D eigenvalue weighted by Gasteiger charge is 2.33. The van der Waals surface area contributed by atoms with Gasteiger partial charge >= 0.3 is 18.0 Å². The molecule has 2 amide bonds. The average Bonchev–Trinajstić information content (AvgIpc) is 2.65. The summed E-state index contributed by atoms with van der Waals surface area (Å²) in [6.07, 6.45) is -3.12. The van der Waals surface area contributed by atoms with Gasteiger partial charge in [-0.2, -0.15) is 13.2 Å². The minimum absolute atomic E-state index is 0.129. The zero-order valence-corrected chi connectivity index (χ0v) is 14.8. The number of hydrogen-bond donors (Lipinski definition) is 3. The highest BCUT2D eigenvalue weighted by molar-refractivity contribution is 6.39. The van der Waals surface area contributed by atoms with Crippen LogP contribution in [0.25, 0.3) is 0 Å². The van der Waals surface area contributed by atoms with Crippen molar-refractivity contribution in [1.29, 1.82) is 0 Å². The number of nitrogens with one attached hydrogen (secondary N) is 2. The molecule has 0 aliphatic heterocycles. The number of aliphatic hydroxyl groups is 1. The van der Waals surface area contributed by atoms with Gasteiger partial charge < -0.3 is 15.7 Å². The maximum Gasteiger partial charge on any atom is 0.416 e. The van der Waals surface area contributed by atoms with Crippen LogP contribution in [0.4, 0.5) is 18.9 Å². The third-order valence-electron chi connectivity index (χ3n) is 4.73. The van der Waals surface area contributed by atoms with Crippen LogP contribution in [0.3, 0.4) is 0 Å². The lowest BCUT2D eigenvalue weighted by Gasteiger charge is -2.33. The van der Waals surface area contributed by atoms with Gasteiger partial charge in [0.15, 0.2) is 0 Å². The second-order valence-electron chi connectivity index (χ2n) is 6.89. The fraction of sp³-hybridized carbons (Fsp3) is 0.300. The Labute approximate surface area is 159 Å². The number of fused-ring (bicyclic) bond motifs is 1. The van der Waals surface area contributed by atoms with Crippen molar-refractivity contribution in [2.24, 2.45) is 0 Å². The van der Waals surface area contributed by atoms with Gasteiger partial charge in [0.2, 0.25) is 0 Å². The molecule has 1 atom stereocenters. The number of amides is 2. The van der Waals surface area contributed by atoms with Crippen molar-refractivity contribution in [3.8, 4) is 0 Å². The van der Waals surface area contributed by atoms with Crippen LogP contribution in [-0.4, -0.2) is 29.1 Å². The average molecular weight is 392 g/mol. The second kappa shape index (κ2) is 7.63. The monoisotopic (exact) mass is 392 g/mol. The molecule has 1 aliphatic carbocycles. The van der Waals surface area contributed by atoms with Crippen molar-refractivity contribution in [3.63, 3.8) is 0 Å². The minimum atomic E-state index is -4.55. The van der Waals surface area contributed by atoms with Gasteiger partial charge in [-0.1, -0.05) is 30.3 Å². The number of aryl methyl sites for hydroxylation is 1. The summed E-state index contributed by atoms with van der Waals surface area (Å²) in [4.78, 5) is 24.0. The van der Waals surface area contributed by atoms with Gasteiger partial charge in [-0.05, 0) is 42.2 Å². The van der Waals surface area contributed by atoms with Crippen LogP contribution in [0.5, 0.6) is 0 Å². The predicted octanol–water partition coefficient (Wildman–Crippen LogP) is 2.68. The van der Waals surface area contributed by atoms with Gasteiger partial charge in [0.25, 0.3) is 0 Å². The molecule has 8 heteroatoms. The van der Waals surface area contributed by atoms with E-state index in [2.05, 4.69) is 10.6 Å². The minimum Gasteiger partial charge on any atom is -0.388 e. The summed E-state index contributed by atoms with van der Waals surface area (Å²) in [5.41, 5.74) is -0.124. The molecule has 2 aromatic carbocycles. The molecule has 2 aromatic rings. The Morgan fingerprint density at radius 3 is 2.46 bits per heavy atom. The number of hydrogen-bond acceptors (Lipinski definition) is 3. The highest BCUT2D eigenvalue weighted by atomic mass is 19.4. The SMILES string of the molecule is O=C(NCC1(O)CCc2ccccc2C1)C(=O)Nc1cccc(C(F)(F)F)c1. The molecule has 0 saturated heterocycles. The zero-order valence-electron chi connectivity index (χ0n) is 14.8. The third kappa shape index (κ3) is 4.69. The van der Waals surface area contributed by atoms with E-state index in [1.54, 1.807) is 0 Å². The van der Waals surface area contributed by atoms with Crippen molar-refractivity contribution >= 4 is 17.5 Å². The fourth-order valence-electron chi connectivity index (χ4n) is 3.22. The first-order valence-corrected chi connectivity index (χ1v) is 8.72. The Morgan fingerprint density at radius 2 is 1.75 bits per heavy atom. The summed E-state index contributed by atoms with van der Waals surface area (Å²) in [6, 6.07) is 11.7. The molecular weight excluding hydrogens is 373 g/mol. The summed E-state index contributed by atoms with van der Waals surface area (Å²) >= 11 is 0. The summed E-state index contributed by atoms with van der Waals surface area (Å²) in [6.45, 7) is -0.129. The van der Waals surface area contributed by atoms with Crippen molar-refractivity contribution in [1.82, 2.24) is 5.32 Å². The van der Waals surface area contributed by atoms with Gasteiger partial charge in [0.05, 0.1) is 11.2 Å². The number of carbonyl (C=O) groups excluding carboxylic acids is 2. The number of alkyl halides is 3. The molecule has 5 nitrogen and oxygen atoms in total. The number of halogens is 3. The highest BCUT2D eigenvalue weighted by Crippen LogP contribution is 2.31. The molecule has 0 radical (unpaired) electrons.